The Bertz CT molecular complexity index is 642. The molecule has 0 saturated heterocycles. The average molecular weight is 305 g/mol. The zero-order chi connectivity index (χ0) is 15.6. The van der Waals surface area contributed by atoms with E-state index in [4.69, 9.17) is 0 Å². The lowest BCUT2D eigenvalue weighted by atomic mass is 10.1. The van der Waals surface area contributed by atoms with Crippen LogP contribution in [0.1, 0.15) is 59.7 Å². The summed E-state index contributed by atoms with van der Waals surface area (Å²) in [5.74, 6) is -0.0389. The smallest absolute Gasteiger partial charge is 0.256 e. The lowest BCUT2D eigenvalue weighted by molar-refractivity contribution is 0.102. The Labute approximate surface area is 130 Å². The number of anilines is 1. The third kappa shape index (κ3) is 3.02. The quantitative estimate of drug-likeness (QED) is 0.893. The molecule has 2 rings (SSSR count). The van der Waals surface area contributed by atoms with Crippen molar-refractivity contribution in [1.82, 2.24) is 9.78 Å². The van der Waals surface area contributed by atoms with Crippen molar-refractivity contribution in [1.29, 1.82) is 0 Å². The van der Waals surface area contributed by atoms with E-state index in [0.29, 0.717) is 6.04 Å². The molecule has 1 atom stereocenters. The molecular formula is C16H23N3OS. The molecule has 21 heavy (non-hydrogen) atoms. The molecule has 0 aliphatic rings. The Morgan fingerprint density at radius 3 is 2.76 bits per heavy atom. The third-order valence-corrected chi connectivity index (χ3v) is 4.96. The van der Waals surface area contributed by atoms with E-state index >= 15 is 0 Å². The van der Waals surface area contributed by atoms with Crippen LogP contribution in [0.2, 0.25) is 0 Å². The molecule has 0 aromatic carbocycles. The molecule has 0 radical (unpaired) electrons. The van der Waals surface area contributed by atoms with Crippen molar-refractivity contribution in [2.24, 2.45) is 0 Å². The SMILES string of the molecule is CCc1c(C(=O)Nc2cnn(C(C)CC)c2C)csc1C. The van der Waals surface area contributed by atoms with Gasteiger partial charge >= 0.3 is 0 Å². The van der Waals surface area contributed by atoms with Gasteiger partial charge < -0.3 is 5.32 Å². The molecular weight excluding hydrogens is 282 g/mol. The van der Waals surface area contributed by atoms with E-state index in [2.05, 4.69) is 38.1 Å². The monoisotopic (exact) mass is 305 g/mol. The Hall–Kier alpha value is -1.62. The highest BCUT2D eigenvalue weighted by atomic mass is 32.1. The maximum Gasteiger partial charge on any atom is 0.256 e. The highest BCUT2D eigenvalue weighted by Crippen LogP contribution is 2.25. The number of nitrogens with one attached hydrogen (secondary N) is 1. The summed E-state index contributed by atoms with van der Waals surface area (Å²) in [6.07, 6.45) is 3.63. The topological polar surface area (TPSA) is 46.9 Å². The lowest BCUT2D eigenvalue weighted by Crippen LogP contribution is -2.14. The average Bonchev–Trinajstić information content (AvgIpc) is 3.02. The molecule has 4 nitrogen and oxygen atoms in total. The van der Waals surface area contributed by atoms with Crippen LogP contribution in [0.4, 0.5) is 5.69 Å². The zero-order valence-corrected chi connectivity index (χ0v) is 14.2. The molecule has 2 aromatic heterocycles. The van der Waals surface area contributed by atoms with Crippen LogP contribution in [-0.4, -0.2) is 15.7 Å². The first-order chi connectivity index (χ1) is 9.99. The minimum absolute atomic E-state index is 0.0389. The summed E-state index contributed by atoms with van der Waals surface area (Å²) < 4.78 is 1.97. The maximum absolute atomic E-state index is 12.5. The summed E-state index contributed by atoms with van der Waals surface area (Å²) in [5.41, 5.74) is 3.73. The molecule has 2 aromatic rings. The zero-order valence-electron chi connectivity index (χ0n) is 13.4. The second kappa shape index (κ2) is 6.43. The summed E-state index contributed by atoms with van der Waals surface area (Å²) in [4.78, 5) is 13.7. The molecule has 0 bridgehead atoms. The van der Waals surface area contributed by atoms with E-state index in [9.17, 15) is 4.79 Å². The lowest BCUT2D eigenvalue weighted by Gasteiger charge is -2.12. The van der Waals surface area contributed by atoms with Crippen molar-refractivity contribution in [3.05, 3.63) is 33.3 Å². The van der Waals surface area contributed by atoms with Gasteiger partial charge in [0.15, 0.2) is 0 Å². The van der Waals surface area contributed by atoms with Crippen molar-refractivity contribution in [2.75, 3.05) is 5.32 Å². The van der Waals surface area contributed by atoms with Gasteiger partial charge in [-0.15, -0.1) is 11.3 Å². The minimum Gasteiger partial charge on any atom is -0.319 e. The Morgan fingerprint density at radius 2 is 2.14 bits per heavy atom. The fraction of sp³-hybridized carbons (Fsp3) is 0.500. The van der Waals surface area contributed by atoms with Gasteiger partial charge in [-0.2, -0.15) is 5.10 Å². The Morgan fingerprint density at radius 1 is 1.43 bits per heavy atom. The Balaban J connectivity index is 2.22. The molecule has 5 heteroatoms. The van der Waals surface area contributed by atoms with Gasteiger partial charge in [0.05, 0.1) is 23.1 Å². The van der Waals surface area contributed by atoms with Crippen LogP contribution >= 0.6 is 11.3 Å². The van der Waals surface area contributed by atoms with Gasteiger partial charge in [-0.1, -0.05) is 13.8 Å². The van der Waals surface area contributed by atoms with Crippen molar-refractivity contribution < 1.29 is 4.79 Å². The van der Waals surface area contributed by atoms with E-state index in [1.807, 2.05) is 17.0 Å². The van der Waals surface area contributed by atoms with Gasteiger partial charge in [0.25, 0.3) is 5.91 Å². The molecule has 1 unspecified atom stereocenters. The first kappa shape index (κ1) is 15.8. The van der Waals surface area contributed by atoms with Crippen LogP contribution in [0.25, 0.3) is 0 Å². The predicted octanol–water partition coefficient (Wildman–Crippen LogP) is 4.35. The molecule has 0 aliphatic carbocycles. The van der Waals surface area contributed by atoms with E-state index in [0.717, 1.165) is 35.3 Å². The van der Waals surface area contributed by atoms with Crippen LogP contribution in [0.3, 0.4) is 0 Å². The molecule has 0 aliphatic heterocycles. The first-order valence-electron chi connectivity index (χ1n) is 7.41. The molecule has 0 fully saturated rings. The maximum atomic E-state index is 12.5. The van der Waals surface area contributed by atoms with Crippen LogP contribution in [0.15, 0.2) is 11.6 Å². The van der Waals surface area contributed by atoms with Crippen molar-refractivity contribution in [3.8, 4) is 0 Å². The normalized spacial score (nSPS) is 12.4. The summed E-state index contributed by atoms with van der Waals surface area (Å²) >= 11 is 1.63. The number of carbonyl (C=O) groups is 1. The van der Waals surface area contributed by atoms with E-state index in [1.54, 1.807) is 17.5 Å². The molecule has 2 heterocycles. The molecule has 114 valence electrons. The molecule has 1 amide bonds. The van der Waals surface area contributed by atoms with E-state index in [-0.39, 0.29) is 5.91 Å². The van der Waals surface area contributed by atoms with Crippen LogP contribution in [0.5, 0.6) is 0 Å². The second-order valence-electron chi connectivity index (χ2n) is 5.34. The van der Waals surface area contributed by atoms with Crippen LogP contribution in [0, 0.1) is 13.8 Å². The minimum atomic E-state index is -0.0389. The highest BCUT2D eigenvalue weighted by molar-refractivity contribution is 7.10. The Kier molecular flexibility index (Phi) is 4.83. The van der Waals surface area contributed by atoms with Crippen LogP contribution in [-0.2, 0) is 6.42 Å². The van der Waals surface area contributed by atoms with Gasteiger partial charge in [-0.3, -0.25) is 9.48 Å². The number of rotatable bonds is 5. The standard InChI is InChI=1S/C16H23N3OS/c1-6-10(3)19-11(4)15(8-17-19)18-16(20)14-9-21-12(5)13(14)7-2/h8-10H,6-7H2,1-5H3,(H,18,20). The predicted molar refractivity (Wildman–Crippen MR) is 88.4 cm³/mol. The first-order valence-corrected chi connectivity index (χ1v) is 8.29. The highest BCUT2D eigenvalue weighted by Gasteiger charge is 2.17. The molecule has 0 spiro atoms. The van der Waals surface area contributed by atoms with E-state index < -0.39 is 0 Å². The fourth-order valence-electron chi connectivity index (χ4n) is 2.46. The number of thiophene rings is 1. The van der Waals surface area contributed by atoms with Gasteiger partial charge in [0.2, 0.25) is 0 Å². The number of nitrogens with zero attached hydrogens (tertiary/aromatic N) is 2. The largest absolute Gasteiger partial charge is 0.319 e. The number of carbonyl (C=O) groups excluding carboxylic acids is 1. The van der Waals surface area contributed by atoms with Gasteiger partial charge in [-0.05, 0) is 39.2 Å². The summed E-state index contributed by atoms with van der Waals surface area (Å²) in [6, 6.07) is 0.338. The van der Waals surface area contributed by atoms with Crippen molar-refractivity contribution >= 4 is 22.9 Å². The number of hydrogen-bond acceptors (Lipinski definition) is 3. The number of hydrogen-bond donors (Lipinski definition) is 1. The third-order valence-electron chi connectivity index (χ3n) is 4.00. The summed E-state index contributed by atoms with van der Waals surface area (Å²) in [6.45, 7) is 10.4. The van der Waals surface area contributed by atoms with Gasteiger partial charge in [0, 0.05) is 16.3 Å². The number of amides is 1. The van der Waals surface area contributed by atoms with Crippen molar-refractivity contribution in [2.45, 2.75) is 53.5 Å². The van der Waals surface area contributed by atoms with Gasteiger partial charge in [0.1, 0.15) is 0 Å². The van der Waals surface area contributed by atoms with Crippen LogP contribution < -0.4 is 5.32 Å². The summed E-state index contributed by atoms with van der Waals surface area (Å²) in [5, 5.41) is 9.33. The number of aromatic nitrogens is 2. The molecule has 1 N–H and O–H groups in total. The number of aryl methyl sites for hydroxylation is 1. The fourth-order valence-corrected chi connectivity index (χ4v) is 3.40. The van der Waals surface area contributed by atoms with E-state index in [1.165, 1.54) is 4.88 Å². The second-order valence-corrected chi connectivity index (χ2v) is 6.42. The van der Waals surface area contributed by atoms with Crippen molar-refractivity contribution in [3.63, 3.8) is 0 Å². The summed E-state index contributed by atoms with van der Waals surface area (Å²) in [7, 11) is 0. The van der Waals surface area contributed by atoms with Gasteiger partial charge in [-0.25, -0.2) is 0 Å². The molecule has 0 saturated carbocycles.